The normalized spacial score (nSPS) is 10.3. The van der Waals surface area contributed by atoms with Gasteiger partial charge in [-0.25, -0.2) is 0 Å². The van der Waals surface area contributed by atoms with E-state index in [2.05, 4.69) is 0 Å². The van der Waals surface area contributed by atoms with E-state index < -0.39 is 0 Å². The summed E-state index contributed by atoms with van der Waals surface area (Å²) in [6, 6.07) is 0. The minimum absolute atomic E-state index is 0.0782. The molecule has 0 aliphatic carbocycles. The van der Waals surface area contributed by atoms with Crippen molar-refractivity contribution in [1.82, 2.24) is 0 Å². The van der Waals surface area contributed by atoms with Gasteiger partial charge in [-0.3, -0.25) is 9.59 Å². The number of rotatable bonds is 13. The van der Waals surface area contributed by atoms with Gasteiger partial charge in [0.15, 0.2) is 0 Å². The Bertz CT molecular complexity index is 225. The fraction of sp³-hybridized carbons (Fsp3) is 0.875. The molecule has 0 amide bonds. The first-order valence-electron chi connectivity index (χ1n) is 8.02. The van der Waals surface area contributed by atoms with E-state index in [1.165, 1.54) is 0 Å². The predicted octanol–water partition coefficient (Wildman–Crippen LogP) is 4.01. The summed E-state index contributed by atoms with van der Waals surface area (Å²) in [6.45, 7) is 5.05. The molecule has 0 aliphatic heterocycles. The number of hydrogen-bond acceptors (Lipinski definition) is 4. The molecule has 0 saturated heterocycles. The number of carbonyl (C=O) groups excluding carboxylic acids is 2. The predicted molar refractivity (Wildman–Crippen MR) is 79.4 cm³/mol. The minimum Gasteiger partial charge on any atom is -0.466 e. The minimum atomic E-state index is -0.0782. The number of esters is 2. The average molecular weight is 286 g/mol. The third-order valence-corrected chi connectivity index (χ3v) is 2.95. The maximum absolute atomic E-state index is 11.2. The maximum Gasteiger partial charge on any atom is 0.305 e. The Morgan fingerprint density at radius 3 is 1.35 bits per heavy atom. The van der Waals surface area contributed by atoms with Crippen molar-refractivity contribution < 1.29 is 19.1 Å². The standard InChI is InChI=1S/C16H30O4/c1-3-13-19-15(17)11-9-7-5-6-8-10-12-16(18)20-14-4-2/h3-14H2,1-2H3. The summed E-state index contributed by atoms with van der Waals surface area (Å²) >= 11 is 0. The summed E-state index contributed by atoms with van der Waals surface area (Å²) in [5, 5.41) is 0. The molecule has 0 saturated carbocycles. The molecule has 0 aliphatic rings. The van der Waals surface area contributed by atoms with Gasteiger partial charge in [0.2, 0.25) is 0 Å². The van der Waals surface area contributed by atoms with Crippen LogP contribution in [0, 0.1) is 0 Å². The Labute approximate surface area is 123 Å². The van der Waals surface area contributed by atoms with Gasteiger partial charge in [-0.05, 0) is 25.7 Å². The van der Waals surface area contributed by atoms with Crippen molar-refractivity contribution in [3.05, 3.63) is 0 Å². The van der Waals surface area contributed by atoms with Crippen LogP contribution < -0.4 is 0 Å². The molecule has 4 heteroatoms. The van der Waals surface area contributed by atoms with Crippen molar-refractivity contribution in [2.45, 2.75) is 78.1 Å². The molecule has 0 rings (SSSR count). The number of ether oxygens (including phenoxy) is 2. The molecule has 0 unspecified atom stereocenters. The molecule has 20 heavy (non-hydrogen) atoms. The Hall–Kier alpha value is -1.06. The van der Waals surface area contributed by atoms with E-state index in [0.29, 0.717) is 26.1 Å². The largest absolute Gasteiger partial charge is 0.466 e. The number of carbonyl (C=O) groups is 2. The van der Waals surface area contributed by atoms with Gasteiger partial charge in [0.25, 0.3) is 0 Å². The Morgan fingerprint density at radius 2 is 1.00 bits per heavy atom. The van der Waals surface area contributed by atoms with Crippen LogP contribution in [0.5, 0.6) is 0 Å². The summed E-state index contributed by atoms with van der Waals surface area (Å²) < 4.78 is 10.0. The molecular weight excluding hydrogens is 256 g/mol. The second-order valence-corrected chi connectivity index (χ2v) is 5.06. The zero-order valence-corrected chi connectivity index (χ0v) is 13.1. The van der Waals surface area contributed by atoms with Crippen LogP contribution in [0.15, 0.2) is 0 Å². The Balaban J connectivity index is 3.20. The summed E-state index contributed by atoms with van der Waals surface area (Å²) in [4.78, 5) is 22.4. The monoisotopic (exact) mass is 286 g/mol. The molecule has 4 nitrogen and oxygen atoms in total. The summed E-state index contributed by atoms with van der Waals surface area (Å²) in [5.74, 6) is -0.156. The molecule has 0 aromatic carbocycles. The van der Waals surface area contributed by atoms with Crippen molar-refractivity contribution in [3.63, 3.8) is 0 Å². The van der Waals surface area contributed by atoms with Gasteiger partial charge in [-0.1, -0.05) is 39.5 Å². The number of hydrogen-bond donors (Lipinski definition) is 0. The molecule has 0 fully saturated rings. The van der Waals surface area contributed by atoms with Gasteiger partial charge in [0.1, 0.15) is 0 Å². The van der Waals surface area contributed by atoms with Gasteiger partial charge in [0.05, 0.1) is 13.2 Å². The fourth-order valence-electron chi connectivity index (χ4n) is 1.82. The van der Waals surface area contributed by atoms with Crippen LogP contribution in [0.1, 0.15) is 78.1 Å². The molecule has 0 radical (unpaired) electrons. The van der Waals surface area contributed by atoms with Crippen LogP contribution in [-0.2, 0) is 19.1 Å². The molecular formula is C16H30O4. The zero-order valence-electron chi connectivity index (χ0n) is 13.1. The van der Waals surface area contributed by atoms with Crippen LogP contribution in [0.3, 0.4) is 0 Å². The van der Waals surface area contributed by atoms with E-state index in [1.807, 2.05) is 13.8 Å². The van der Waals surface area contributed by atoms with E-state index in [1.54, 1.807) is 0 Å². The number of unbranched alkanes of at least 4 members (excludes halogenated alkanes) is 5. The van der Waals surface area contributed by atoms with Crippen LogP contribution in [0.25, 0.3) is 0 Å². The van der Waals surface area contributed by atoms with Gasteiger partial charge in [-0.2, -0.15) is 0 Å². The lowest BCUT2D eigenvalue weighted by Crippen LogP contribution is -2.05. The molecule has 0 atom stereocenters. The molecule has 0 heterocycles. The van der Waals surface area contributed by atoms with Gasteiger partial charge >= 0.3 is 11.9 Å². The Kier molecular flexibility index (Phi) is 13.6. The molecule has 0 bridgehead atoms. The van der Waals surface area contributed by atoms with Crippen molar-refractivity contribution in [3.8, 4) is 0 Å². The lowest BCUT2D eigenvalue weighted by molar-refractivity contribution is -0.144. The van der Waals surface area contributed by atoms with Gasteiger partial charge < -0.3 is 9.47 Å². The van der Waals surface area contributed by atoms with E-state index in [9.17, 15) is 9.59 Å². The van der Waals surface area contributed by atoms with E-state index >= 15 is 0 Å². The maximum atomic E-state index is 11.2. The third-order valence-electron chi connectivity index (χ3n) is 2.95. The van der Waals surface area contributed by atoms with E-state index in [4.69, 9.17) is 9.47 Å². The van der Waals surface area contributed by atoms with Crippen molar-refractivity contribution in [1.29, 1.82) is 0 Å². The molecule has 0 spiro atoms. The first-order chi connectivity index (χ1) is 9.70. The summed E-state index contributed by atoms with van der Waals surface area (Å²) in [6.07, 6.45) is 8.98. The first-order valence-corrected chi connectivity index (χ1v) is 8.02. The van der Waals surface area contributed by atoms with Crippen LogP contribution in [-0.4, -0.2) is 25.2 Å². The van der Waals surface area contributed by atoms with Crippen molar-refractivity contribution in [2.75, 3.05) is 13.2 Å². The smallest absolute Gasteiger partial charge is 0.305 e. The molecule has 0 aromatic heterocycles. The summed E-state index contributed by atoms with van der Waals surface area (Å²) in [5.41, 5.74) is 0. The second-order valence-electron chi connectivity index (χ2n) is 5.06. The van der Waals surface area contributed by atoms with Gasteiger partial charge in [-0.15, -0.1) is 0 Å². The van der Waals surface area contributed by atoms with Crippen molar-refractivity contribution >= 4 is 11.9 Å². The highest BCUT2D eigenvalue weighted by Crippen LogP contribution is 2.09. The quantitative estimate of drug-likeness (QED) is 0.379. The highest BCUT2D eigenvalue weighted by Gasteiger charge is 2.03. The lowest BCUT2D eigenvalue weighted by Gasteiger charge is -2.04. The average Bonchev–Trinajstić information content (AvgIpc) is 2.45. The second kappa shape index (κ2) is 14.4. The van der Waals surface area contributed by atoms with E-state index in [0.717, 1.165) is 51.4 Å². The zero-order chi connectivity index (χ0) is 15.1. The van der Waals surface area contributed by atoms with E-state index in [-0.39, 0.29) is 11.9 Å². The SMILES string of the molecule is CCCOC(=O)CCCCCCCCC(=O)OCCC. The molecule has 118 valence electrons. The van der Waals surface area contributed by atoms with Crippen molar-refractivity contribution in [2.24, 2.45) is 0 Å². The Morgan fingerprint density at radius 1 is 0.650 bits per heavy atom. The van der Waals surface area contributed by atoms with Crippen LogP contribution in [0.4, 0.5) is 0 Å². The molecule has 0 aromatic rings. The van der Waals surface area contributed by atoms with Crippen LogP contribution >= 0.6 is 0 Å². The summed E-state index contributed by atoms with van der Waals surface area (Å²) in [7, 11) is 0. The highest BCUT2D eigenvalue weighted by atomic mass is 16.5. The first kappa shape index (κ1) is 18.9. The lowest BCUT2D eigenvalue weighted by atomic mass is 10.1. The topological polar surface area (TPSA) is 52.6 Å². The van der Waals surface area contributed by atoms with Gasteiger partial charge in [0, 0.05) is 12.8 Å². The highest BCUT2D eigenvalue weighted by molar-refractivity contribution is 5.69. The molecule has 0 N–H and O–H groups in total. The fourth-order valence-corrected chi connectivity index (χ4v) is 1.82. The van der Waals surface area contributed by atoms with Crippen LogP contribution in [0.2, 0.25) is 0 Å². The third kappa shape index (κ3) is 13.4.